The van der Waals surface area contributed by atoms with Crippen molar-refractivity contribution in [3.63, 3.8) is 0 Å². The molecule has 0 aliphatic heterocycles. The summed E-state index contributed by atoms with van der Waals surface area (Å²) in [4.78, 5) is 7.01. The van der Waals surface area contributed by atoms with E-state index in [4.69, 9.17) is 4.74 Å². The summed E-state index contributed by atoms with van der Waals surface area (Å²) in [5, 5.41) is 17.0. The number of hydrogen-bond acceptors (Lipinski definition) is 4. The van der Waals surface area contributed by atoms with Crippen LogP contribution >= 0.6 is 24.0 Å². The van der Waals surface area contributed by atoms with Gasteiger partial charge >= 0.3 is 0 Å². The van der Waals surface area contributed by atoms with Gasteiger partial charge in [0.1, 0.15) is 5.75 Å². The highest BCUT2D eigenvalue weighted by atomic mass is 127. The Morgan fingerprint density at radius 3 is 2.43 bits per heavy atom. The van der Waals surface area contributed by atoms with Crippen molar-refractivity contribution in [1.82, 2.24) is 15.5 Å². The Kier molecular flexibility index (Phi) is 14.3. The van der Waals surface area contributed by atoms with E-state index in [1.165, 1.54) is 0 Å². The Hall–Kier alpha value is -1.06. The van der Waals surface area contributed by atoms with Crippen molar-refractivity contribution in [2.24, 2.45) is 4.99 Å². The van der Waals surface area contributed by atoms with Crippen molar-refractivity contribution in [3.05, 3.63) is 29.8 Å². The van der Waals surface area contributed by atoms with Crippen molar-refractivity contribution < 1.29 is 9.84 Å². The van der Waals surface area contributed by atoms with Gasteiger partial charge in [-0.25, -0.2) is 0 Å². The van der Waals surface area contributed by atoms with Gasteiger partial charge in [-0.15, -0.1) is 24.0 Å². The third-order valence-corrected chi connectivity index (χ3v) is 4.46. The number of ether oxygens (including phenoxy) is 1. The first-order chi connectivity index (χ1) is 12.9. The minimum atomic E-state index is -0.659. The molecule has 0 amide bonds. The highest BCUT2D eigenvalue weighted by Crippen LogP contribution is 2.19. The zero-order chi connectivity index (χ0) is 20.2. The number of methoxy groups -OCH3 is 1. The van der Waals surface area contributed by atoms with Crippen LogP contribution in [0.2, 0.25) is 0 Å². The lowest BCUT2D eigenvalue weighted by molar-refractivity contribution is 0.173. The fourth-order valence-electron chi connectivity index (χ4n) is 3.05. The fraction of sp³-hybridized carbons (Fsp3) is 0.667. The standard InChI is InChI=1S/C21H38N4O2.HI/c1-7-22-21(23-12-9-13-25(16(2)3)17(4)5)24-15-20(26)18-10-8-11-19(14-18)27-6;/h8,10-11,14,16-17,20,26H,7,9,12-13,15H2,1-6H3,(H2,22,23,24);1H. The SMILES string of the molecule is CCNC(=NCC(O)c1cccc(OC)c1)NCCCN(C(C)C)C(C)C.I. The van der Waals surface area contributed by atoms with Gasteiger partial charge in [-0.2, -0.15) is 0 Å². The van der Waals surface area contributed by atoms with Crippen LogP contribution < -0.4 is 15.4 Å². The third-order valence-electron chi connectivity index (χ3n) is 4.46. The van der Waals surface area contributed by atoms with Crippen molar-refractivity contribution in [1.29, 1.82) is 0 Å². The van der Waals surface area contributed by atoms with Gasteiger partial charge in [0.05, 0.1) is 19.8 Å². The average molecular weight is 506 g/mol. The molecule has 0 saturated heterocycles. The molecule has 6 nitrogen and oxygen atoms in total. The van der Waals surface area contributed by atoms with Crippen LogP contribution in [0.3, 0.4) is 0 Å². The molecule has 0 spiro atoms. The molecule has 0 bridgehead atoms. The molecule has 3 N–H and O–H groups in total. The first-order valence-electron chi connectivity index (χ1n) is 9.98. The highest BCUT2D eigenvalue weighted by Gasteiger charge is 2.12. The lowest BCUT2D eigenvalue weighted by atomic mass is 10.1. The lowest BCUT2D eigenvalue weighted by Gasteiger charge is -2.30. The zero-order valence-corrected chi connectivity index (χ0v) is 20.6. The minimum absolute atomic E-state index is 0. The molecule has 28 heavy (non-hydrogen) atoms. The molecule has 0 aliphatic rings. The smallest absolute Gasteiger partial charge is 0.191 e. The molecule has 0 saturated carbocycles. The van der Waals surface area contributed by atoms with Gasteiger partial charge in [0.2, 0.25) is 0 Å². The summed E-state index contributed by atoms with van der Waals surface area (Å²) < 4.78 is 5.21. The van der Waals surface area contributed by atoms with Crippen LogP contribution in [0.25, 0.3) is 0 Å². The number of nitrogens with zero attached hydrogens (tertiary/aromatic N) is 2. The molecule has 7 heteroatoms. The quantitative estimate of drug-likeness (QED) is 0.186. The maximum Gasteiger partial charge on any atom is 0.191 e. The Morgan fingerprint density at radius 2 is 1.86 bits per heavy atom. The molecule has 0 fully saturated rings. The van der Waals surface area contributed by atoms with Gasteiger partial charge in [0.15, 0.2) is 5.96 Å². The second-order valence-electron chi connectivity index (χ2n) is 7.22. The van der Waals surface area contributed by atoms with Gasteiger partial charge in [0, 0.05) is 31.7 Å². The van der Waals surface area contributed by atoms with Gasteiger partial charge in [-0.3, -0.25) is 9.89 Å². The average Bonchev–Trinajstić information content (AvgIpc) is 2.64. The molecule has 0 aliphatic carbocycles. The molecule has 1 unspecified atom stereocenters. The summed E-state index contributed by atoms with van der Waals surface area (Å²) >= 11 is 0. The van der Waals surface area contributed by atoms with E-state index in [0.717, 1.165) is 43.3 Å². The zero-order valence-electron chi connectivity index (χ0n) is 18.2. The molecule has 0 radical (unpaired) electrons. The number of halogens is 1. The summed E-state index contributed by atoms with van der Waals surface area (Å²) in [7, 11) is 1.62. The third kappa shape index (κ3) is 9.93. The van der Waals surface area contributed by atoms with Crippen LogP contribution in [0.1, 0.15) is 52.7 Å². The maximum absolute atomic E-state index is 10.4. The molecule has 1 rings (SSSR count). The topological polar surface area (TPSA) is 69.1 Å². The summed E-state index contributed by atoms with van der Waals surface area (Å²) in [6.07, 6.45) is 0.382. The number of benzene rings is 1. The number of hydrogen-bond donors (Lipinski definition) is 3. The lowest BCUT2D eigenvalue weighted by Crippen LogP contribution is -2.41. The van der Waals surface area contributed by atoms with Gasteiger partial charge in [-0.05, 0) is 58.7 Å². The number of guanidine groups is 1. The van der Waals surface area contributed by atoms with E-state index >= 15 is 0 Å². The van der Waals surface area contributed by atoms with Crippen molar-refractivity contribution in [2.75, 3.05) is 33.3 Å². The monoisotopic (exact) mass is 506 g/mol. The number of aliphatic hydroxyl groups excluding tert-OH is 1. The van der Waals surface area contributed by atoms with E-state index < -0.39 is 6.10 Å². The predicted octanol–water partition coefficient (Wildman–Crippen LogP) is 3.41. The van der Waals surface area contributed by atoms with Gasteiger partial charge in [-0.1, -0.05) is 12.1 Å². The summed E-state index contributed by atoms with van der Waals surface area (Å²) in [5.74, 6) is 1.47. The van der Waals surface area contributed by atoms with E-state index in [1.807, 2.05) is 31.2 Å². The molecular weight excluding hydrogens is 467 g/mol. The predicted molar refractivity (Wildman–Crippen MR) is 129 cm³/mol. The second kappa shape index (κ2) is 14.9. The van der Waals surface area contributed by atoms with E-state index in [1.54, 1.807) is 7.11 Å². The molecule has 162 valence electrons. The first-order valence-corrected chi connectivity index (χ1v) is 9.98. The Morgan fingerprint density at radius 1 is 1.18 bits per heavy atom. The molecule has 0 aromatic heterocycles. The van der Waals surface area contributed by atoms with E-state index in [0.29, 0.717) is 18.6 Å². The van der Waals surface area contributed by atoms with Crippen LogP contribution in [-0.4, -0.2) is 61.3 Å². The number of rotatable bonds is 11. The van der Waals surface area contributed by atoms with Crippen LogP contribution in [0, 0.1) is 0 Å². The maximum atomic E-state index is 10.4. The van der Waals surface area contributed by atoms with E-state index in [9.17, 15) is 5.11 Å². The molecule has 1 atom stereocenters. The second-order valence-corrected chi connectivity index (χ2v) is 7.22. The Labute approximate surface area is 188 Å². The van der Waals surface area contributed by atoms with Crippen molar-refractivity contribution in [2.45, 2.75) is 59.2 Å². The number of nitrogens with one attached hydrogen (secondary N) is 2. The normalized spacial score (nSPS) is 12.9. The number of aliphatic hydroxyl groups is 1. The van der Waals surface area contributed by atoms with Crippen LogP contribution in [-0.2, 0) is 0 Å². The molecule has 1 aromatic carbocycles. The molecule has 0 heterocycles. The van der Waals surface area contributed by atoms with E-state index in [-0.39, 0.29) is 24.0 Å². The van der Waals surface area contributed by atoms with Crippen LogP contribution in [0.4, 0.5) is 0 Å². The summed E-state index contributed by atoms with van der Waals surface area (Å²) in [6, 6.07) is 8.56. The van der Waals surface area contributed by atoms with E-state index in [2.05, 4.69) is 48.2 Å². The first kappa shape index (κ1) is 26.9. The largest absolute Gasteiger partial charge is 0.497 e. The summed E-state index contributed by atoms with van der Waals surface area (Å²) in [6.45, 7) is 14.0. The fourth-order valence-corrected chi connectivity index (χ4v) is 3.05. The van der Waals surface area contributed by atoms with Crippen molar-refractivity contribution >= 4 is 29.9 Å². The van der Waals surface area contributed by atoms with Crippen molar-refractivity contribution in [3.8, 4) is 5.75 Å². The molecule has 1 aromatic rings. The Bertz CT molecular complexity index is 559. The van der Waals surface area contributed by atoms with Crippen LogP contribution in [0.5, 0.6) is 5.75 Å². The molecular formula is C21H39IN4O2. The van der Waals surface area contributed by atoms with Crippen LogP contribution in [0.15, 0.2) is 29.3 Å². The van der Waals surface area contributed by atoms with Gasteiger partial charge in [0.25, 0.3) is 0 Å². The minimum Gasteiger partial charge on any atom is -0.497 e. The summed E-state index contributed by atoms with van der Waals surface area (Å²) in [5.41, 5.74) is 0.804. The number of aliphatic imine (C=N–C) groups is 1. The Balaban J connectivity index is 0.00000729. The highest BCUT2D eigenvalue weighted by molar-refractivity contribution is 14.0. The van der Waals surface area contributed by atoms with Gasteiger partial charge < -0.3 is 20.5 Å².